The van der Waals surface area contributed by atoms with Crippen LogP contribution in [-0.4, -0.2) is 80.8 Å². The van der Waals surface area contributed by atoms with Crippen LogP contribution in [0.2, 0.25) is 0 Å². The maximum Gasteiger partial charge on any atom is 0.326 e. The number of carbonyl (C=O) groups excluding carboxylic acids is 2. The van der Waals surface area contributed by atoms with E-state index in [1.165, 1.54) is 4.68 Å². The Morgan fingerprint density at radius 3 is 2.51 bits per heavy atom. The van der Waals surface area contributed by atoms with Gasteiger partial charge in [-0.05, 0) is 55.7 Å². The van der Waals surface area contributed by atoms with E-state index in [0.29, 0.717) is 42.2 Å². The van der Waals surface area contributed by atoms with E-state index in [9.17, 15) is 14.4 Å². The highest BCUT2D eigenvalue weighted by molar-refractivity contribution is 6.01. The van der Waals surface area contributed by atoms with E-state index in [1.807, 2.05) is 33.7 Å². The molecule has 2 aliphatic heterocycles. The van der Waals surface area contributed by atoms with Gasteiger partial charge in [0.25, 0.3) is 11.8 Å². The van der Waals surface area contributed by atoms with Gasteiger partial charge in [0.15, 0.2) is 5.69 Å². The number of likely N-dealkylation sites (tertiary alicyclic amines) is 1. The Bertz CT molecular complexity index is 1590. The number of hydrogen-bond donors (Lipinski definition) is 2. The molecule has 2 aromatic heterocycles. The van der Waals surface area contributed by atoms with Crippen LogP contribution in [0.25, 0.3) is 16.7 Å². The second-order valence-electron chi connectivity index (χ2n) is 10.1. The van der Waals surface area contributed by atoms with Gasteiger partial charge in [0.2, 0.25) is 0 Å². The van der Waals surface area contributed by atoms with Gasteiger partial charge >= 0.3 is 5.69 Å². The number of para-hydroxylation sites is 2. The lowest BCUT2D eigenvalue weighted by Gasteiger charge is -2.35. The van der Waals surface area contributed by atoms with Gasteiger partial charge in [-0.1, -0.05) is 12.1 Å². The Kier molecular flexibility index (Phi) is 6.43. The number of carbonyl (C=O) groups is 2. The van der Waals surface area contributed by atoms with Crippen molar-refractivity contribution in [2.75, 3.05) is 39.8 Å². The van der Waals surface area contributed by atoms with E-state index in [1.54, 1.807) is 31.4 Å². The lowest BCUT2D eigenvalue weighted by molar-refractivity contribution is 0.0697. The summed E-state index contributed by atoms with van der Waals surface area (Å²) in [4.78, 5) is 45.5. The molecule has 0 aliphatic carbocycles. The highest BCUT2D eigenvalue weighted by atomic mass is 16.5. The molecule has 2 aromatic carbocycles. The van der Waals surface area contributed by atoms with Crippen LogP contribution in [0.15, 0.2) is 53.3 Å². The smallest absolute Gasteiger partial charge is 0.326 e. The molecule has 11 nitrogen and oxygen atoms in total. The molecule has 4 heterocycles. The fraction of sp³-hybridized carbons (Fsp3) is 0.357. The molecule has 0 saturated carbocycles. The number of nitrogens with one attached hydrogen (secondary N) is 1. The van der Waals surface area contributed by atoms with E-state index < -0.39 is 5.91 Å². The van der Waals surface area contributed by atoms with Gasteiger partial charge in [0, 0.05) is 44.3 Å². The fourth-order valence-electron chi connectivity index (χ4n) is 5.83. The average molecular weight is 530 g/mol. The van der Waals surface area contributed by atoms with Gasteiger partial charge in [0.05, 0.1) is 23.8 Å². The summed E-state index contributed by atoms with van der Waals surface area (Å²) in [7, 11) is 1.59. The minimum absolute atomic E-state index is 0.0619. The molecule has 3 N–H and O–H groups in total. The van der Waals surface area contributed by atoms with Crippen molar-refractivity contribution in [2.45, 2.75) is 25.3 Å². The summed E-state index contributed by atoms with van der Waals surface area (Å²) < 4.78 is 8.65. The summed E-state index contributed by atoms with van der Waals surface area (Å²) >= 11 is 0. The molecule has 0 bridgehead atoms. The van der Waals surface area contributed by atoms with Gasteiger partial charge in [-0.25, -0.2) is 9.48 Å². The highest BCUT2D eigenvalue weighted by Gasteiger charge is 2.34. The zero-order chi connectivity index (χ0) is 27.1. The van der Waals surface area contributed by atoms with Crippen LogP contribution >= 0.6 is 0 Å². The number of amides is 2. The van der Waals surface area contributed by atoms with Crippen LogP contribution in [-0.2, 0) is 6.42 Å². The molecule has 0 atom stereocenters. The molecule has 202 valence electrons. The molecule has 4 aromatic rings. The number of benzene rings is 2. The molecule has 2 aliphatic rings. The normalized spacial score (nSPS) is 16.5. The number of aromatic nitrogens is 4. The first kappa shape index (κ1) is 24.9. The summed E-state index contributed by atoms with van der Waals surface area (Å²) in [6.07, 6.45) is 2.25. The Morgan fingerprint density at radius 1 is 1.05 bits per heavy atom. The van der Waals surface area contributed by atoms with Crippen molar-refractivity contribution in [3.05, 3.63) is 76.0 Å². The summed E-state index contributed by atoms with van der Waals surface area (Å²) in [5, 5.41) is 4.43. The standard InChI is InChI=1S/C28H31N7O4/c1-39-20-8-6-19(7-9-20)35-25-21(24(31-35)26(29)36)12-15-33(27(25)37)17-16-32-13-10-18(11-14-32)34-23-5-3-2-4-22(23)30-28(34)38/h2-9,18H,10-17H2,1H3,(H2,29,36)(H,30,38). The first-order valence-corrected chi connectivity index (χ1v) is 13.2. The number of nitrogens with zero attached hydrogens (tertiary/aromatic N) is 5. The molecule has 0 spiro atoms. The summed E-state index contributed by atoms with van der Waals surface area (Å²) in [6, 6.07) is 15.1. The van der Waals surface area contributed by atoms with Crippen molar-refractivity contribution >= 4 is 22.8 Å². The Balaban J connectivity index is 1.14. The lowest BCUT2D eigenvalue weighted by Crippen LogP contribution is -2.45. The van der Waals surface area contributed by atoms with E-state index >= 15 is 0 Å². The van der Waals surface area contributed by atoms with Crippen LogP contribution < -0.4 is 16.2 Å². The second-order valence-corrected chi connectivity index (χ2v) is 10.1. The summed E-state index contributed by atoms with van der Waals surface area (Å²) in [5.41, 5.74) is 9.14. The number of ether oxygens (including phenoxy) is 1. The number of rotatable bonds is 7. The lowest BCUT2D eigenvalue weighted by atomic mass is 10.0. The molecule has 6 rings (SSSR count). The number of methoxy groups -OCH3 is 1. The Hall–Kier alpha value is -4.38. The minimum Gasteiger partial charge on any atom is -0.497 e. The molecule has 0 radical (unpaired) electrons. The molecule has 1 saturated heterocycles. The number of imidazole rings is 1. The minimum atomic E-state index is -0.642. The molecule has 11 heteroatoms. The molecule has 1 fully saturated rings. The van der Waals surface area contributed by atoms with E-state index in [2.05, 4.69) is 15.0 Å². The number of primary amides is 1. The van der Waals surface area contributed by atoms with Crippen LogP contribution in [0, 0.1) is 0 Å². The molecule has 0 unspecified atom stereocenters. The third-order valence-corrected chi connectivity index (χ3v) is 7.89. The maximum atomic E-state index is 13.6. The number of nitrogens with two attached hydrogens (primary N) is 1. The number of hydrogen-bond acceptors (Lipinski definition) is 6. The van der Waals surface area contributed by atoms with E-state index in [0.717, 1.165) is 43.5 Å². The second kappa shape index (κ2) is 10.1. The van der Waals surface area contributed by atoms with Crippen molar-refractivity contribution in [1.82, 2.24) is 29.1 Å². The van der Waals surface area contributed by atoms with Crippen LogP contribution in [0.1, 0.15) is 45.4 Å². The summed E-state index contributed by atoms with van der Waals surface area (Å²) in [5.74, 6) is -0.120. The SMILES string of the molecule is COc1ccc(-n2nc(C(N)=O)c3c2C(=O)N(CCN2CCC(n4c(=O)[nH]c5ccccc54)CC2)CC3)cc1. The molecule has 2 amide bonds. The van der Waals surface area contributed by atoms with Gasteiger partial charge in [-0.3, -0.25) is 14.2 Å². The first-order valence-electron chi connectivity index (χ1n) is 13.2. The number of aromatic amines is 1. The number of piperidine rings is 1. The van der Waals surface area contributed by atoms with Crippen LogP contribution in [0.5, 0.6) is 5.75 Å². The predicted molar refractivity (Wildman–Crippen MR) is 146 cm³/mol. The van der Waals surface area contributed by atoms with Gasteiger partial charge in [-0.2, -0.15) is 5.10 Å². The van der Waals surface area contributed by atoms with Crippen molar-refractivity contribution < 1.29 is 14.3 Å². The molecular formula is C28H31N7O4. The Labute approximate surface area is 224 Å². The average Bonchev–Trinajstić information content (AvgIpc) is 3.51. The van der Waals surface area contributed by atoms with Crippen LogP contribution in [0.4, 0.5) is 0 Å². The van der Waals surface area contributed by atoms with Gasteiger partial charge < -0.3 is 25.3 Å². The maximum absolute atomic E-state index is 13.6. The van der Waals surface area contributed by atoms with E-state index in [-0.39, 0.29) is 23.3 Å². The van der Waals surface area contributed by atoms with Crippen molar-refractivity contribution in [3.8, 4) is 11.4 Å². The van der Waals surface area contributed by atoms with Crippen LogP contribution in [0.3, 0.4) is 0 Å². The third kappa shape index (κ3) is 4.48. The topological polar surface area (TPSA) is 131 Å². The first-order chi connectivity index (χ1) is 18.9. The highest BCUT2D eigenvalue weighted by Crippen LogP contribution is 2.28. The van der Waals surface area contributed by atoms with Gasteiger partial charge in [0.1, 0.15) is 11.4 Å². The zero-order valence-electron chi connectivity index (χ0n) is 21.8. The van der Waals surface area contributed by atoms with Crippen molar-refractivity contribution in [1.29, 1.82) is 0 Å². The third-order valence-electron chi connectivity index (χ3n) is 7.89. The number of H-pyrrole nitrogens is 1. The monoisotopic (exact) mass is 529 g/mol. The molecular weight excluding hydrogens is 498 g/mol. The van der Waals surface area contributed by atoms with Crippen molar-refractivity contribution in [2.24, 2.45) is 5.73 Å². The quantitative estimate of drug-likeness (QED) is 0.376. The fourth-order valence-corrected chi connectivity index (χ4v) is 5.83. The zero-order valence-corrected chi connectivity index (χ0v) is 21.8. The number of fused-ring (bicyclic) bond motifs is 2. The van der Waals surface area contributed by atoms with E-state index in [4.69, 9.17) is 10.5 Å². The predicted octanol–water partition coefficient (Wildman–Crippen LogP) is 1.96. The largest absolute Gasteiger partial charge is 0.497 e. The summed E-state index contributed by atoms with van der Waals surface area (Å²) in [6.45, 7) is 3.49. The Morgan fingerprint density at radius 2 is 1.79 bits per heavy atom. The molecule has 39 heavy (non-hydrogen) atoms. The van der Waals surface area contributed by atoms with Gasteiger partial charge in [-0.15, -0.1) is 0 Å². The van der Waals surface area contributed by atoms with Crippen molar-refractivity contribution in [3.63, 3.8) is 0 Å².